The van der Waals surface area contributed by atoms with Crippen LogP contribution >= 0.6 is 0 Å². The fraction of sp³-hybridized carbons (Fsp3) is 0.241. The number of para-hydroxylation sites is 1. The average Bonchev–Trinajstić information content (AvgIpc) is 3.32. The van der Waals surface area contributed by atoms with Crippen molar-refractivity contribution in [2.45, 2.75) is 33.6 Å². The van der Waals surface area contributed by atoms with Crippen LogP contribution in [0.1, 0.15) is 39.2 Å². The number of nitriles is 1. The Balaban J connectivity index is 1.89. The first-order valence-corrected chi connectivity index (χ1v) is 12.2. The summed E-state index contributed by atoms with van der Waals surface area (Å²) in [5.74, 6) is -1.44. The molecule has 0 N–H and O–H groups in total. The molecule has 188 valence electrons. The summed E-state index contributed by atoms with van der Waals surface area (Å²) in [7, 11) is 0. The van der Waals surface area contributed by atoms with E-state index in [4.69, 9.17) is 9.84 Å². The zero-order valence-electron chi connectivity index (χ0n) is 21.0. The number of hydrogen-bond acceptors (Lipinski definition) is 5. The van der Waals surface area contributed by atoms with E-state index in [0.29, 0.717) is 35.4 Å². The highest BCUT2D eigenvalue weighted by molar-refractivity contribution is 6.19. The molecule has 0 radical (unpaired) electrons. The van der Waals surface area contributed by atoms with Crippen molar-refractivity contribution in [3.05, 3.63) is 82.8 Å². The van der Waals surface area contributed by atoms with Crippen LogP contribution in [0, 0.1) is 17.1 Å². The van der Waals surface area contributed by atoms with Crippen LogP contribution < -0.4 is 4.74 Å². The molecular formula is C29H27FN4O3. The van der Waals surface area contributed by atoms with Gasteiger partial charge in [-0.15, -0.1) is 0 Å². The number of hydrogen-bond donors (Lipinski definition) is 0. The lowest BCUT2D eigenvalue weighted by atomic mass is 9.93. The lowest BCUT2D eigenvalue weighted by Crippen LogP contribution is -2.43. The fourth-order valence-electron chi connectivity index (χ4n) is 4.16. The minimum Gasteiger partial charge on any atom is -0.491 e. The summed E-state index contributed by atoms with van der Waals surface area (Å²) in [4.78, 5) is 27.3. The van der Waals surface area contributed by atoms with Gasteiger partial charge in [0.05, 0.1) is 12.3 Å². The van der Waals surface area contributed by atoms with Gasteiger partial charge in [-0.1, -0.05) is 31.5 Å². The number of halogens is 1. The highest BCUT2D eigenvalue weighted by atomic mass is 19.1. The van der Waals surface area contributed by atoms with Crippen LogP contribution in [0.25, 0.3) is 23.0 Å². The van der Waals surface area contributed by atoms with E-state index < -0.39 is 17.6 Å². The molecule has 2 aromatic carbocycles. The Morgan fingerprint density at radius 1 is 1.11 bits per heavy atom. The van der Waals surface area contributed by atoms with Gasteiger partial charge in [0.1, 0.15) is 17.3 Å². The average molecular weight is 499 g/mol. The molecule has 1 aliphatic heterocycles. The van der Waals surface area contributed by atoms with Gasteiger partial charge >= 0.3 is 0 Å². The molecule has 0 spiro atoms. The van der Waals surface area contributed by atoms with E-state index in [1.165, 1.54) is 6.07 Å². The van der Waals surface area contributed by atoms with E-state index in [2.05, 4.69) is 0 Å². The molecule has 37 heavy (non-hydrogen) atoms. The van der Waals surface area contributed by atoms with Crippen molar-refractivity contribution in [1.29, 1.82) is 5.26 Å². The highest BCUT2D eigenvalue weighted by Crippen LogP contribution is 2.32. The van der Waals surface area contributed by atoms with Crippen molar-refractivity contribution in [3.63, 3.8) is 0 Å². The van der Waals surface area contributed by atoms with Crippen LogP contribution in [0.15, 0.2) is 71.4 Å². The van der Waals surface area contributed by atoms with Crippen molar-refractivity contribution >= 4 is 17.9 Å². The molecule has 4 rings (SSSR count). The second kappa shape index (κ2) is 11.0. The zero-order valence-corrected chi connectivity index (χ0v) is 21.0. The molecular weight excluding hydrogens is 471 g/mol. The highest BCUT2D eigenvalue weighted by Gasteiger charge is 2.35. The van der Waals surface area contributed by atoms with Crippen molar-refractivity contribution in [1.82, 2.24) is 14.7 Å². The zero-order chi connectivity index (χ0) is 26.5. The summed E-state index contributed by atoms with van der Waals surface area (Å²) in [6.07, 6.45) is 4.78. The van der Waals surface area contributed by atoms with Crippen molar-refractivity contribution in [2.24, 2.45) is 0 Å². The van der Waals surface area contributed by atoms with Gasteiger partial charge < -0.3 is 4.74 Å². The number of nitrogens with zero attached hydrogens (tertiary/aromatic N) is 4. The Morgan fingerprint density at radius 3 is 2.51 bits per heavy atom. The summed E-state index contributed by atoms with van der Waals surface area (Å²) in [6, 6.07) is 15.9. The van der Waals surface area contributed by atoms with E-state index in [1.54, 1.807) is 42.9 Å². The van der Waals surface area contributed by atoms with Crippen molar-refractivity contribution in [2.75, 3.05) is 13.2 Å². The molecule has 0 saturated carbocycles. The quantitative estimate of drug-likeness (QED) is 0.304. The Kier molecular flexibility index (Phi) is 7.63. The molecule has 1 aliphatic rings. The second-order valence-corrected chi connectivity index (χ2v) is 8.58. The molecule has 8 heteroatoms. The Bertz CT molecular complexity index is 1450. The lowest BCUT2D eigenvalue weighted by Gasteiger charge is -2.27. The molecule has 0 fully saturated rings. The summed E-state index contributed by atoms with van der Waals surface area (Å²) in [5, 5.41) is 14.4. The number of aromatic nitrogens is 2. The summed E-state index contributed by atoms with van der Waals surface area (Å²) in [6.45, 7) is 5.89. The third-order valence-corrected chi connectivity index (χ3v) is 6.13. The SMILES string of the molecule is CCCCN1C(=O)C(C#N)=C(C)/C(=C\c2cn(-c3ccccc3)nc2-c2ccc(OCC)c(F)c2)C1=O. The predicted octanol–water partition coefficient (Wildman–Crippen LogP) is 5.47. The lowest BCUT2D eigenvalue weighted by molar-refractivity contribution is -0.140. The Morgan fingerprint density at radius 2 is 1.86 bits per heavy atom. The second-order valence-electron chi connectivity index (χ2n) is 8.58. The third kappa shape index (κ3) is 5.07. The molecule has 0 unspecified atom stereocenters. The first-order valence-electron chi connectivity index (χ1n) is 12.2. The molecule has 0 atom stereocenters. The summed E-state index contributed by atoms with van der Waals surface area (Å²) >= 11 is 0. The first-order chi connectivity index (χ1) is 17.9. The largest absolute Gasteiger partial charge is 0.491 e. The van der Waals surface area contributed by atoms with E-state index in [1.807, 2.05) is 43.3 Å². The van der Waals surface area contributed by atoms with E-state index in [0.717, 1.165) is 17.0 Å². The van der Waals surface area contributed by atoms with Gasteiger partial charge in [0, 0.05) is 29.4 Å². The van der Waals surface area contributed by atoms with Crippen molar-refractivity contribution < 1.29 is 18.7 Å². The number of rotatable bonds is 8. The number of amides is 2. The maximum Gasteiger partial charge on any atom is 0.271 e. The van der Waals surface area contributed by atoms with Gasteiger partial charge in [-0.05, 0) is 62.2 Å². The van der Waals surface area contributed by atoms with Crippen LogP contribution in [-0.2, 0) is 9.59 Å². The first kappa shape index (κ1) is 25.6. The minimum absolute atomic E-state index is 0.0638. The Hall–Kier alpha value is -4.51. The van der Waals surface area contributed by atoms with Crippen LogP contribution in [0.5, 0.6) is 5.75 Å². The molecule has 2 amide bonds. The summed E-state index contributed by atoms with van der Waals surface area (Å²) in [5.41, 5.74) is 2.72. The monoisotopic (exact) mass is 498 g/mol. The van der Waals surface area contributed by atoms with Gasteiger partial charge in [-0.2, -0.15) is 10.4 Å². The third-order valence-electron chi connectivity index (χ3n) is 6.13. The van der Waals surface area contributed by atoms with Crippen LogP contribution in [0.3, 0.4) is 0 Å². The molecule has 0 bridgehead atoms. The maximum absolute atomic E-state index is 14.8. The van der Waals surface area contributed by atoms with Gasteiger partial charge in [0.25, 0.3) is 11.8 Å². The molecule has 1 aromatic heterocycles. The molecule has 0 saturated heterocycles. The number of benzene rings is 2. The maximum atomic E-state index is 14.8. The molecule has 7 nitrogen and oxygen atoms in total. The van der Waals surface area contributed by atoms with E-state index >= 15 is 0 Å². The molecule has 2 heterocycles. The van der Waals surface area contributed by atoms with Crippen LogP contribution in [-0.4, -0.2) is 39.6 Å². The normalized spacial score (nSPS) is 14.9. The van der Waals surface area contributed by atoms with Gasteiger partial charge in [0.15, 0.2) is 11.6 Å². The van der Waals surface area contributed by atoms with E-state index in [-0.39, 0.29) is 23.4 Å². The molecule has 0 aliphatic carbocycles. The molecule has 3 aromatic rings. The van der Waals surface area contributed by atoms with Crippen molar-refractivity contribution in [3.8, 4) is 28.8 Å². The number of imide groups is 1. The standard InChI is InChI=1S/C29H27FN4O3/c1-4-6-14-33-28(35)23(19(3)24(17-31)29(33)36)15-21-18-34(22-10-8-7-9-11-22)32-27(21)20-12-13-26(37-5-2)25(30)16-20/h7-13,15-16,18H,4-6,14H2,1-3H3/b23-15+. The van der Waals surface area contributed by atoms with Crippen LogP contribution in [0.4, 0.5) is 4.39 Å². The smallest absolute Gasteiger partial charge is 0.271 e. The predicted molar refractivity (Wildman–Crippen MR) is 138 cm³/mol. The fourth-order valence-corrected chi connectivity index (χ4v) is 4.16. The van der Waals surface area contributed by atoms with Gasteiger partial charge in [-0.25, -0.2) is 9.07 Å². The number of carbonyl (C=O) groups excluding carboxylic acids is 2. The Labute approximate surface area is 215 Å². The summed E-state index contributed by atoms with van der Waals surface area (Å²) < 4.78 is 21.7. The number of carbonyl (C=O) groups is 2. The minimum atomic E-state index is -0.579. The topological polar surface area (TPSA) is 88.2 Å². The van der Waals surface area contributed by atoms with Gasteiger partial charge in [-0.3, -0.25) is 14.5 Å². The van der Waals surface area contributed by atoms with E-state index in [9.17, 15) is 19.2 Å². The number of ether oxygens (including phenoxy) is 1. The van der Waals surface area contributed by atoms with Gasteiger partial charge in [0.2, 0.25) is 0 Å². The van der Waals surface area contributed by atoms with Crippen LogP contribution in [0.2, 0.25) is 0 Å². The number of unbranched alkanes of at least 4 members (excludes halogenated alkanes) is 1.